The van der Waals surface area contributed by atoms with E-state index in [0.29, 0.717) is 11.1 Å². The molecule has 0 atom stereocenters. The van der Waals surface area contributed by atoms with Crippen LogP contribution in [0.1, 0.15) is 11.1 Å². The minimum atomic E-state index is -5.64. The van der Waals surface area contributed by atoms with Crippen LogP contribution >= 0.6 is 8.25 Å². The Labute approximate surface area is 155 Å². The number of halogens is 3. The predicted molar refractivity (Wildman–Crippen MR) is 92.2 cm³/mol. The second-order valence-electron chi connectivity index (χ2n) is 5.25. The van der Waals surface area contributed by atoms with Gasteiger partial charge in [0.25, 0.3) is 0 Å². The van der Waals surface area contributed by atoms with Crippen molar-refractivity contribution in [3.05, 3.63) is 71.8 Å². The molecule has 0 heterocycles. The molecule has 0 aliphatic carbocycles. The molecule has 0 radical (unpaired) electrons. The Bertz CT molecular complexity index is 768. The standard InChI is InChI=1S/C16H15F3O3S.HO3P/c17-16(18,19)23(20,21)22-15(11-13-7-3-1-4-8-13)12-14-9-5-2-6-10-14;1-4(2)3/h1-10,15H,11-12H2;(H-,1,2,3)/p+1. The fraction of sp³-hybridized carbons (Fsp3) is 0.250. The molecular weight excluding hydrogens is 408 g/mol. The molecule has 0 fully saturated rings. The molecule has 2 aromatic carbocycles. The van der Waals surface area contributed by atoms with Crippen LogP contribution in [-0.2, 0) is 31.7 Å². The summed E-state index contributed by atoms with van der Waals surface area (Å²) in [5.74, 6) is 0. The molecule has 27 heavy (non-hydrogen) atoms. The minimum Gasteiger partial charge on any atom is -0.259 e. The van der Waals surface area contributed by atoms with Crippen LogP contribution in [-0.4, -0.2) is 29.8 Å². The van der Waals surface area contributed by atoms with E-state index in [0.717, 1.165) is 0 Å². The summed E-state index contributed by atoms with van der Waals surface area (Å²) in [6, 6.07) is 17.3. The summed E-state index contributed by atoms with van der Waals surface area (Å²) in [6.07, 6.45) is -1.01. The van der Waals surface area contributed by atoms with E-state index in [-0.39, 0.29) is 12.8 Å². The second-order valence-corrected chi connectivity index (χ2v) is 7.32. The van der Waals surface area contributed by atoms with Crippen molar-refractivity contribution in [1.82, 2.24) is 0 Å². The van der Waals surface area contributed by atoms with E-state index in [2.05, 4.69) is 4.18 Å². The van der Waals surface area contributed by atoms with Gasteiger partial charge in [-0.1, -0.05) is 60.7 Å². The Morgan fingerprint density at radius 2 is 1.22 bits per heavy atom. The zero-order valence-corrected chi connectivity index (χ0v) is 15.5. The molecule has 0 aromatic heterocycles. The molecule has 0 spiro atoms. The van der Waals surface area contributed by atoms with E-state index in [1.54, 1.807) is 60.7 Å². The Morgan fingerprint density at radius 1 is 0.889 bits per heavy atom. The highest BCUT2D eigenvalue weighted by Crippen LogP contribution is 2.27. The second kappa shape index (κ2) is 10.5. The van der Waals surface area contributed by atoms with Gasteiger partial charge in [-0.3, -0.25) is 4.18 Å². The minimum absolute atomic E-state index is 0.0606. The van der Waals surface area contributed by atoms with Gasteiger partial charge < -0.3 is 0 Å². The van der Waals surface area contributed by atoms with E-state index >= 15 is 0 Å². The number of hydrogen-bond acceptors (Lipinski definition) is 4. The quantitative estimate of drug-likeness (QED) is 0.418. The first-order chi connectivity index (χ1) is 12.5. The topological polar surface area (TPSA) is 101 Å². The van der Waals surface area contributed by atoms with Gasteiger partial charge in [0.15, 0.2) is 0 Å². The maximum atomic E-state index is 12.6. The molecule has 148 valence electrons. The Kier molecular flexibility index (Phi) is 9.01. The van der Waals surface area contributed by atoms with Crippen LogP contribution in [0.4, 0.5) is 13.2 Å². The summed E-state index contributed by atoms with van der Waals surface area (Å²) in [5.41, 5.74) is -4.03. The molecule has 0 saturated carbocycles. The van der Waals surface area contributed by atoms with E-state index < -0.39 is 30.0 Å². The fourth-order valence-corrected chi connectivity index (χ4v) is 2.73. The lowest BCUT2D eigenvalue weighted by Gasteiger charge is -2.19. The summed E-state index contributed by atoms with van der Waals surface area (Å²) in [4.78, 5) is 14.2. The van der Waals surface area contributed by atoms with Crippen LogP contribution in [0.5, 0.6) is 0 Å². The first-order valence-electron chi connectivity index (χ1n) is 7.43. The first-order valence-corrected chi connectivity index (χ1v) is 10.0. The highest BCUT2D eigenvalue weighted by Gasteiger charge is 2.48. The summed E-state index contributed by atoms with van der Waals surface area (Å²) in [5, 5.41) is 0. The fourth-order valence-electron chi connectivity index (χ4n) is 2.13. The van der Waals surface area contributed by atoms with E-state index in [1.807, 2.05) is 0 Å². The summed E-state index contributed by atoms with van der Waals surface area (Å²) < 4.78 is 73.4. The Morgan fingerprint density at radius 3 is 1.52 bits per heavy atom. The maximum absolute atomic E-state index is 12.6. The molecule has 0 saturated heterocycles. The number of hydrogen-bond donors (Lipinski definition) is 2. The van der Waals surface area contributed by atoms with Crippen LogP contribution in [0.25, 0.3) is 0 Å². The van der Waals surface area contributed by atoms with Crippen LogP contribution in [0.3, 0.4) is 0 Å². The van der Waals surface area contributed by atoms with Crippen molar-refractivity contribution in [3.63, 3.8) is 0 Å². The average molecular weight is 425 g/mol. The van der Waals surface area contributed by atoms with E-state index in [4.69, 9.17) is 14.4 Å². The van der Waals surface area contributed by atoms with Gasteiger partial charge in [-0.05, 0) is 11.1 Å². The smallest absolute Gasteiger partial charge is 0.259 e. The zero-order chi connectivity index (χ0) is 20.5. The average Bonchev–Trinajstić information content (AvgIpc) is 2.54. The normalized spacial score (nSPS) is 11.6. The molecule has 0 aliphatic rings. The van der Waals surface area contributed by atoms with Crippen molar-refractivity contribution in [3.8, 4) is 0 Å². The molecule has 2 rings (SSSR count). The van der Waals surface area contributed by atoms with Gasteiger partial charge in [-0.25, -0.2) is 0 Å². The largest absolute Gasteiger partial charge is 0.692 e. The van der Waals surface area contributed by atoms with Gasteiger partial charge >= 0.3 is 23.9 Å². The van der Waals surface area contributed by atoms with E-state index in [9.17, 15) is 21.6 Å². The van der Waals surface area contributed by atoms with Crippen LogP contribution in [0.15, 0.2) is 60.7 Å². The van der Waals surface area contributed by atoms with Crippen molar-refractivity contribution < 1.29 is 40.1 Å². The Balaban J connectivity index is 0.000000828. The summed E-state index contributed by atoms with van der Waals surface area (Å²) in [6.45, 7) is 0. The number of rotatable bonds is 6. The third-order valence-corrected chi connectivity index (χ3v) is 4.25. The van der Waals surface area contributed by atoms with Gasteiger partial charge in [0.1, 0.15) is 0 Å². The van der Waals surface area contributed by atoms with Crippen LogP contribution in [0, 0.1) is 0 Å². The van der Waals surface area contributed by atoms with Gasteiger partial charge in [0.05, 0.1) is 6.10 Å². The molecule has 0 amide bonds. The summed E-state index contributed by atoms with van der Waals surface area (Å²) >= 11 is 0. The predicted octanol–water partition coefficient (Wildman–Crippen LogP) is 3.34. The van der Waals surface area contributed by atoms with Crippen molar-refractivity contribution in [2.75, 3.05) is 0 Å². The SMILES string of the molecule is O=S(=O)(OC(Cc1ccccc1)Cc1ccccc1)C(F)(F)F.O=[P+](O)O. The molecule has 2 N–H and O–H groups in total. The van der Waals surface area contributed by atoms with Gasteiger partial charge in [-0.2, -0.15) is 21.6 Å². The molecule has 0 bridgehead atoms. The van der Waals surface area contributed by atoms with Gasteiger partial charge in [-0.15, -0.1) is 9.79 Å². The van der Waals surface area contributed by atoms with Crippen molar-refractivity contribution in [1.29, 1.82) is 0 Å². The summed E-state index contributed by atoms with van der Waals surface area (Å²) in [7, 11) is -8.51. The van der Waals surface area contributed by atoms with Crippen molar-refractivity contribution in [2.24, 2.45) is 0 Å². The molecule has 2 aromatic rings. The lowest BCUT2D eigenvalue weighted by atomic mass is 10.0. The van der Waals surface area contributed by atoms with Crippen molar-refractivity contribution in [2.45, 2.75) is 24.5 Å². The molecule has 0 unspecified atom stereocenters. The highest BCUT2D eigenvalue weighted by molar-refractivity contribution is 7.87. The number of benzene rings is 2. The Hall–Kier alpha value is -1.84. The van der Waals surface area contributed by atoms with Gasteiger partial charge in [0.2, 0.25) is 0 Å². The lowest BCUT2D eigenvalue weighted by molar-refractivity contribution is -0.0573. The first kappa shape index (κ1) is 23.2. The van der Waals surface area contributed by atoms with Crippen molar-refractivity contribution >= 4 is 18.4 Å². The number of alkyl halides is 3. The van der Waals surface area contributed by atoms with Crippen LogP contribution in [0.2, 0.25) is 0 Å². The molecule has 6 nitrogen and oxygen atoms in total. The lowest BCUT2D eigenvalue weighted by Crippen LogP contribution is -2.32. The third kappa shape index (κ3) is 9.07. The maximum Gasteiger partial charge on any atom is 0.692 e. The highest BCUT2D eigenvalue weighted by atomic mass is 32.2. The monoisotopic (exact) mass is 425 g/mol. The molecule has 0 aliphatic heterocycles. The molecular formula is C16H17F3O6PS+. The zero-order valence-electron chi connectivity index (χ0n) is 13.8. The van der Waals surface area contributed by atoms with E-state index in [1.165, 1.54) is 0 Å². The van der Waals surface area contributed by atoms with Gasteiger partial charge in [0, 0.05) is 17.4 Å². The van der Waals surface area contributed by atoms with Crippen LogP contribution < -0.4 is 0 Å². The molecule has 11 heteroatoms. The third-order valence-electron chi connectivity index (χ3n) is 3.16.